The quantitative estimate of drug-likeness (QED) is 0.278. The number of primary amides is 1. The van der Waals surface area contributed by atoms with Gasteiger partial charge >= 0.3 is 6.09 Å². The van der Waals surface area contributed by atoms with Crippen LogP contribution in [0, 0.1) is 0 Å². The van der Waals surface area contributed by atoms with Gasteiger partial charge in [-0.3, -0.25) is 14.5 Å². The molecule has 1 saturated heterocycles. The van der Waals surface area contributed by atoms with E-state index in [1.807, 2.05) is 24.3 Å². The van der Waals surface area contributed by atoms with Crippen molar-refractivity contribution in [2.75, 3.05) is 49.0 Å². The van der Waals surface area contributed by atoms with Gasteiger partial charge in [0, 0.05) is 48.9 Å². The largest absolute Gasteiger partial charge is 0.444 e. The zero-order valence-corrected chi connectivity index (χ0v) is 22.9. The highest BCUT2D eigenvalue weighted by Crippen LogP contribution is 2.18. The second-order valence-electron chi connectivity index (χ2n) is 9.25. The molecule has 9 nitrogen and oxygen atoms in total. The van der Waals surface area contributed by atoms with Crippen molar-refractivity contribution in [2.24, 2.45) is 5.73 Å². The molecule has 0 saturated carbocycles. The summed E-state index contributed by atoms with van der Waals surface area (Å²) in [6.07, 6.45) is 0.198. The topological polar surface area (TPSA) is 117 Å². The summed E-state index contributed by atoms with van der Waals surface area (Å²) in [6.45, 7) is 9.29. The van der Waals surface area contributed by atoms with E-state index in [1.165, 1.54) is 0 Å². The molecular weight excluding hydrogens is 573 g/mol. The molecule has 34 heavy (non-hydrogen) atoms. The Morgan fingerprint density at radius 1 is 1.21 bits per heavy atom. The van der Waals surface area contributed by atoms with Gasteiger partial charge in [0.2, 0.25) is 11.8 Å². The number of halogens is 2. The Bertz CT molecular complexity index is 834. The smallest absolute Gasteiger partial charge is 0.408 e. The third-order valence-corrected chi connectivity index (χ3v) is 6.33. The predicted molar refractivity (Wildman–Crippen MR) is 143 cm³/mol. The fraction of sp³-hybridized carbons (Fsp3) is 0.609. The third kappa shape index (κ3) is 9.93. The molecule has 1 aliphatic rings. The van der Waals surface area contributed by atoms with Crippen LogP contribution in [0.15, 0.2) is 24.3 Å². The van der Waals surface area contributed by atoms with Crippen LogP contribution in [0.25, 0.3) is 0 Å². The van der Waals surface area contributed by atoms with Crippen LogP contribution in [0.4, 0.5) is 10.5 Å². The summed E-state index contributed by atoms with van der Waals surface area (Å²) in [5.74, 6) is -0.815. The number of anilines is 1. The molecule has 4 N–H and O–H groups in total. The van der Waals surface area contributed by atoms with Crippen LogP contribution in [-0.2, 0) is 20.7 Å². The second-order valence-corrected chi connectivity index (χ2v) is 10.8. The van der Waals surface area contributed by atoms with Crippen molar-refractivity contribution in [2.45, 2.75) is 44.2 Å². The Kier molecular flexibility index (Phi) is 11.3. The minimum Gasteiger partial charge on any atom is -0.444 e. The van der Waals surface area contributed by atoms with Crippen molar-refractivity contribution in [1.82, 2.24) is 15.1 Å². The van der Waals surface area contributed by atoms with Gasteiger partial charge in [0.25, 0.3) is 0 Å². The summed E-state index contributed by atoms with van der Waals surface area (Å²) in [6, 6.07) is 7.52. The number of nitrogens with two attached hydrogens (primary N) is 1. The lowest BCUT2D eigenvalue weighted by atomic mass is 10.1. The summed E-state index contributed by atoms with van der Waals surface area (Å²) in [5.41, 5.74) is 6.63. The van der Waals surface area contributed by atoms with Crippen molar-refractivity contribution in [3.05, 3.63) is 29.8 Å². The van der Waals surface area contributed by atoms with Crippen molar-refractivity contribution in [3.63, 3.8) is 0 Å². The molecule has 1 aliphatic heterocycles. The number of alkyl carbamates (subject to hydrolysis) is 1. The van der Waals surface area contributed by atoms with Crippen LogP contribution in [-0.4, -0.2) is 88.4 Å². The van der Waals surface area contributed by atoms with Gasteiger partial charge in [-0.25, -0.2) is 4.79 Å². The fourth-order valence-electron chi connectivity index (χ4n) is 3.68. The van der Waals surface area contributed by atoms with Gasteiger partial charge in [0.15, 0.2) is 0 Å². The summed E-state index contributed by atoms with van der Waals surface area (Å²) in [5, 5.41) is 4.48. The molecule has 0 radical (unpaired) electrons. The fourth-order valence-corrected chi connectivity index (χ4v) is 4.54. The molecule has 11 heteroatoms. The number of hydrogen-bond acceptors (Lipinski definition) is 6. The molecule has 190 valence electrons. The van der Waals surface area contributed by atoms with Gasteiger partial charge in [-0.05, 0) is 44.9 Å². The van der Waals surface area contributed by atoms with E-state index in [0.717, 1.165) is 42.6 Å². The number of hydrogen-bond donors (Lipinski definition) is 3. The molecule has 0 bridgehead atoms. The van der Waals surface area contributed by atoms with Crippen LogP contribution in [0.5, 0.6) is 0 Å². The monoisotopic (exact) mass is 607 g/mol. The van der Waals surface area contributed by atoms with Gasteiger partial charge in [-0.2, -0.15) is 0 Å². The Balaban J connectivity index is 1.80. The van der Waals surface area contributed by atoms with E-state index in [2.05, 4.69) is 43.0 Å². The van der Waals surface area contributed by atoms with Crippen LogP contribution in [0.1, 0.15) is 26.3 Å². The standard InChI is InChI=1S/C23H35ClIN5O4/c1-23(2,3)34-22(33)27-14-19(31)28-17-6-4-16(5-7-17)8-10-29-12-13-30(11-9-25)18(15-29)20(24)21(26)32/h4-7,18,20H,8-15H2,1-3H3,(H2,26,32)(H,27,33)(H,28,31). The number of nitrogens with zero attached hydrogens (tertiary/aromatic N) is 2. The first kappa shape index (κ1) is 28.6. The third-order valence-electron chi connectivity index (χ3n) is 5.35. The summed E-state index contributed by atoms with van der Waals surface area (Å²) >= 11 is 8.65. The Hall–Kier alpha value is -1.63. The highest BCUT2D eigenvalue weighted by atomic mass is 127. The first-order valence-electron chi connectivity index (χ1n) is 11.3. The molecule has 2 rings (SSSR count). The van der Waals surface area contributed by atoms with Crippen LogP contribution >= 0.6 is 34.2 Å². The average molecular weight is 608 g/mol. The van der Waals surface area contributed by atoms with Gasteiger partial charge in [-0.15, -0.1) is 11.6 Å². The van der Waals surface area contributed by atoms with E-state index in [9.17, 15) is 14.4 Å². The number of ether oxygens (including phenoxy) is 1. The summed E-state index contributed by atoms with van der Waals surface area (Å²) < 4.78 is 6.08. The number of rotatable bonds is 10. The van der Waals surface area contributed by atoms with E-state index in [1.54, 1.807) is 20.8 Å². The molecule has 2 atom stereocenters. The maximum atomic E-state index is 12.1. The molecule has 1 heterocycles. The van der Waals surface area contributed by atoms with Crippen LogP contribution < -0.4 is 16.4 Å². The maximum Gasteiger partial charge on any atom is 0.408 e. The van der Waals surface area contributed by atoms with Gasteiger partial charge in [-0.1, -0.05) is 34.7 Å². The van der Waals surface area contributed by atoms with Gasteiger partial charge in [0.1, 0.15) is 17.5 Å². The van der Waals surface area contributed by atoms with Crippen molar-refractivity contribution in [1.29, 1.82) is 0 Å². The molecule has 2 unspecified atom stereocenters. The number of nitrogens with one attached hydrogen (secondary N) is 2. The minimum absolute atomic E-state index is 0.0884. The lowest BCUT2D eigenvalue weighted by molar-refractivity contribution is -0.119. The first-order valence-corrected chi connectivity index (χ1v) is 13.3. The molecule has 0 aromatic heterocycles. The van der Waals surface area contributed by atoms with Gasteiger partial charge in [0.05, 0.1) is 0 Å². The Labute approximate surface area is 220 Å². The molecule has 0 aliphatic carbocycles. The molecule has 1 aromatic carbocycles. The molecular formula is C23H35ClIN5O4. The lowest BCUT2D eigenvalue weighted by Gasteiger charge is -2.42. The van der Waals surface area contributed by atoms with Crippen molar-refractivity contribution in [3.8, 4) is 0 Å². The van der Waals surface area contributed by atoms with E-state index < -0.39 is 23.0 Å². The molecule has 0 spiro atoms. The Morgan fingerprint density at radius 3 is 2.47 bits per heavy atom. The zero-order valence-electron chi connectivity index (χ0n) is 20.0. The summed E-state index contributed by atoms with van der Waals surface area (Å²) in [7, 11) is 0. The molecule has 1 aromatic rings. The lowest BCUT2D eigenvalue weighted by Crippen LogP contribution is -2.59. The van der Waals surface area contributed by atoms with Crippen molar-refractivity contribution < 1.29 is 19.1 Å². The zero-order chi connectivity index (χ0) is 25.3. The first-order chi connectivity index (χ1) is 16.0. The second kappa shape index (κ2) is 13.5. The number of amides is 3. The number of benzene rings is 1. The highest BCUT2D eigenvalue weighted by molar-refractivity contribution is 14.1. The average Bonchev–Trinajstić information content (AvgIpc) is 2.76. The summed E-state index contributed by atoms with van der Waals surface area (Å²) in [4.78, 5) is 39.9. The van der Waals surface area contributed by atoms with Gasteiger partial charge < -0.3 is 26.0 Å². The number of carbonyl (C=O) groups is 3. The van der Waals surface area contributed by atoms with E-state index in [0.29, 0.717) is 12.2 Å². The SMILES string of the molecule is CC(C)(C)OC(=O)NCC(=O)Nc1ccc(CCN2CCN(CCI)C(C(Cl)C(N)=O)C2)cc1. The molecule has 1 fully saturated rings. The predicted octanol–water partition coefficient (Wildman–Crippen LogP) is 2.21. The number of carbonyl (C=O) groups excluding carboxylic acids is 3. The molecule has 3 amide bonds. The number of alkyl halides is 2. The minimum atomic E-state index is -0.710. The number of piperazine rings is 1. The highest BCUT2D eigenvalue weighted by Gasteiger charge is 2.34. The van der Waals surface area contributed by atoms with E-state index in [4.69, 9.17) is 22.1 Å². The van der Waals surface area contributed by atoms with Crippen LogP contribution in [0.3, 0.4) is 0 Å². The van der Waals surface area contributed by atoms with Crippen LogP contribution in [0.2, 0.25) is 0 Å². The van der Waals surface area contributed by atoms with E-state index in [-0.39, 0.29) is 18.5 Å². The van der Waals surface area contributed by atoms with Crippen molar-refractivity contribution >= 4 is 57.8 Å². The maximum absolute atomic E-state index is 12.1. The Morgan fingerprint density at radius 2 is 1.88 bits per heavy atom. The normalized spacial score (nSPS) is 18.2. The van der Waals surface area contributed by atoms with E-state index >= 15 is 0 Å².